The first-order valence-corrected chi connectivity index (χ1v) is 8.16. The van der Waals surface area contributed by atoms with Crippen LogP contribution in [0.15, 0.2) is 36.4 Å². The zero-order chi connectivity index (χ0) is 16.7. The molecule has 1 aliphatic heterocycles. The molecule has 0 saturated heterocycles. The summed E-state index contributed by atoms with van der Waals surface area (Å²) < 4.78 is 27.1. The van der Waals surface area contributed by atoms with Crippen molar-refractivity contribution in [2.75, 3.05) is 0 Å². The molecule has 6 heteroatoms. The molecular weight excluding hydrogens is 346 g/mol. The Balaban J connectivity index is 0.00000182. The Kier molecular flexibility index (Phi) is 5.06. The fourth-order valence-electron chi connectivity index (χ4n) is 3.41. The molecule has 2 aromatic carbocycles. The molecule has 1 aliphatic carbocycles. The molecule has 0 radical (unpaired) electrons. The van der Waals surface area contributed by atoms with Gasteiger partial charge in [0.15, 0.2) is 11.6 Å². The van der Waals surface area contributed by atoms with Crippen LogP contribution >= 0.6 is 12.4 Å². The zero-order valence-electron chi connectivity index (χ0n) is 13.5. The third-order valence-electron chi connectivity index (χ3n) is 4.88. The van der Waals surface area contributed by atoms with E-state index in [1.807, 2.05) is 6.07 Å². The summed E-state index contributed by atoms with van der Waals surface area (Å²) in [6.07, 6.45) is 0.570. The molecule has 0 spiro atoms. The van der Waals surface area contributed by atoms with E-state index < -0.39 is 11.6 Å². The second kappa shape index (κ2) is 7.10. The molecule has 2 unspecified atom stereocenters. The van der Waals surface area contributed by atoms with Crippen molar-refractivity contribution >= 4 is 18.3 Å². The molecule has 2 atom stereocenters. The van der Waals surface area contributed by atoms with Crippen molar-refractivity contribution in [1.82, 2.24) is 10.6 Å². The van der Waals surface area contributed by atoms with Crippen molar-refractivity contribution in [2.24, 2.45) is 5.92 Å². The number of rotatable bonds is 4. The van der Waals surface area contributed by atoms with Gasteiger partial charge in [-0.2, -0.15) is 0 Å². The molecule has 2 aromatic rings. The van der Waals surface area contributed by atoms with Crippen molar-refractivity contribution in [3.63, 3.8) is 0 Å². The summed E-state index contributed by atoms with van der Waals surface area (Å²) >= 11 is 0. The highest BCUT2D eigenvalue weighted by atomic mass is 35.5. The molecule has 25 heavy (non-hydrogen) atoms. The maximum Gasteiger partial charge on any atom is 0.224 e. The predicted octanol–water partition coefficient (Wildman–Crippen LogP) is 3.41. The van der Waals surface area contributed by atoms with Crippen LogP contribution in [0.25, 0.3) is 0 Å². The molecule has 1 amide bonds. The van der Waals surface area contributed by atoms with Gasteiger partial charge in [-0.05, 0) is 40.7 Å². The van der Waals surface area contributed by atoms with Gasteiger partial charge in [-0.1, -0.05) is 30.3 Å². The Morgan fingerprint density at radius 3 is 2.80 bits per heavy atom. The molecular formula is C19H19ClF2N2O. The van der Waals surface area contributed by atoms with Gasteiger partial charge in [0.2, 0.25) is 5.91 Å². The number of hydrogen-bond acceptors (Lipinski definition) is 2. The fourth-order valence-corrected chi connectivity index (χ4v) is 3.41. The van der Waals surface area contributed by atoms with Gasteiger partial charge in [-0.15, -0.1) is 12.4 Å². The smallest absolute Gasteiger partial charge is 0.224 e. The van der Waals surface area contributed by atoms with E-state index in [9.17, 15) is 13.6 Å². The van der Waals surface area contributed by atoms with Crippen molar-refractivity contribution < 1.29 is 13.6 Å². The lowest BCUT2D eigenvalue weighted by Gasteiger charge is -2.07. The minimum Gasteiger partial charge on any atom is -0.352 e. The van der Waals surface area contributed by atoms with Crippen LogP contribution in [-0.4, -0.2) is 5.91 Å². The van der Waals surface area contributed by atoms with Crippen LogP contribution in [-0.2, 0) is 24.4 Å². The van der Waals surface area contributed by atoms with E-state index in [0.29, 0.717) is 18.5 Å². The summed E-state index contributed by atoms with van der Waals surface area (Å²) in [5.41, 5.74) is 3.93. The second-order valence-corrected chi connectivity index (χ2v) is 6.52. The maximum absolute atomic E-state index is 13.8. The fraction of sp³-hybridized carbons (Fsp3) is 0.316. The first kappa shape index (κ1) is 17.8. The van der Waals surface area contributed by atoms with Crippen molar-refractivity contribution in [2.45, 2.75) is 32.0 Å². The molecule has 0 aromatic heterocycles. The first-order chi connectivity index (χ1) is 11.6. The predicted molar refractivity (Wildman–Crippen MR) is 93.3 cm³/mol. The molecule has 4 rings (SSSR count). The van der Waals surface area contributed by atoms with Gasteiger partial charge in [0.25, 0.3) is 0 Å². The van der Waals surface area contributed by atoms with Crippen molar-refractivity contribution in [1.29, 1.82) is 0 Å². The van der Waals surface area contributed by atoms with Gasteiger partial charge in [-0.3, -0.25) is 4.79 Å². The average Bonchev–Trinajstić information content (AvgIpc) is 3.24. The Morgan fingerprint density at radius 1 is 1.16 bits per heavy atom. The summed E-state index contributed by atoms with van der Waals surface area (Å²) in [6.45, 7) is 2.21. The van der Waals surface area contributed by atoms with Crippen LogP contribution < -0.4 is 10.6 Å². The Hall–Kier alpha value is -1.98. The number of amides is 1. The summed E-state index contributed by atoms with van der Waals surface area (Å²) in [5.74, 6) is -2.26. The molecule has 1 saturated carbocycles. The highest BCUT2D eigenvalue weighted by molar-refractivity contribution is 5.85. The summed E-state index contributed by atoms with van der Waals surface area (Å²) in [4.78, 5) is 12.3. The van der Waals surface area contributed by atoms with Crippen LogP contribution in [0.3, 0.4) is 0 Å². The summed E-state index contributed by atoms with van der Waals surface area (Å²) in [6, 6.07) is 10.3. The number of carbonyl (C=O) groups is 1. The van der Waals surface area contributed by atoms with E-state index in [-0.39, 0.29) is 30.2 Å². The minimum atomic E-state index is -0.856. The van der Waals surface area contributed by atoms with Crippen LogP contribution in [0.4, 0.5) is 8.78 Å². The molecule has 0 bridgehead atoms. The molecule has 132 valence electrons. The van der Waals surface area contributed by atoms with Crippen LogP contribution in [0.5, 0.6) is 0 Å². The van der Waals surface area contributed by atoms with Gasteiger partial charge < -0.3 is 10.6 Å². The Bertz CT molecular complexity index is 812. The third kappa shape index (κ3) is 3.53. The normalized spacial score (nSPS) is 20.6. The molecule has 3 nitrogen and oxygen atoms in total. The van der Waals surface area contributed by atoms with Crippen molar-refractivity contribution in [3.8, 4) is 0 Å². The van der Waals surface area contributed by atoms with Gasteiger partial charge in [-0.25, -0.2) is 8.78 Å². The van der Waals surface area contributed by atoms with Crippen LogP contribution in [0.1, 0.15) is 34.6 Å². The highest BCUT2D eigenvalue weighted by Crippen LogP contribution is 2.48. The van der Waals surface area contributed by atoms with E-state index in [2.05, 4.69) is 22.8 Å². The average molecular weight is 365 g/mol. The summed E-state index contributed by atoms with van der Waals surface area (Å²) in [7, 11) is 0. The standard InChI is InChI=1S/C19H18F2N2O.ClH/c20-17-3-1-2-14(18(17)21)15-7-16(15)19(24)23-8-11-4-5-12-9-22-10-13(12)6-11;/h1-6,15-16,22H,7-10H2,(H,23,24);1H. The monoisotopic (exact) mass is 364 g/mol. The van der Waals surface area contributed by atoms with Gasteiger partial charge in [0, 0.05) is 25.6 Å². The molecule has 1 heterocycles. The van der Waals surface area contributed by atoms with E-state index >= 15 is 0 Å². The number of benzene rings is 2. The van der Waals surface area contributed by atoms with Gasteiger partial charge >= 0.3 is 0 Å². The van der Waals surface area contributed by atoms with E-state index in [4.69, 9.17) is 0 Å². The highest BCUT2D eigenvalue weighted by Gasteiger charge is 2.45. The summed E-state index contributed by atoms with van der Waals surface area (Å²) in [5, 5.41) is 6.20. The Morgan fingerprint density at radius 2 is 1.96 bits per heavy atom. The number of nitrogens with one attached hydrogen (secondary N) is 2. The lowest BCUT2D eigenvalue weighted by atomic mass is 10.1. The largest absolute Gasteiger partial charge is 0.352 e. The number of carbonyl (C=O) groups excluding carboxylic acids is 1. The topological polar surface area (TPSA) is 41.1 Å². The number of hydrogen-bond donors (Lipinski definition) is 2. The van der Waals surface area contributed by atoms with Crippen LogP contribution in [0.2, 0.25) is 0 Å². The second-order valence-electron chi connectivity index (χ2n) is 6.52. The quantitative estimate of drug-likeness (QED) is 0.873. The molecule has 1 fully saturated rings. The van der Waals surface area contributed by atoms with Crippen molar-refractivity contribution in [3.05, 3.63) is 70.3 Å². The zero-order valence-corrected chi connectivity index (χ0v) is 14.3. The number of halogens is 3. The maximum atomic E-state index is 13.8. The minimum absolute atomic E-state index is 0. The lowest BCUT2D eigenvalue weighted by molar-refractivity contribution is -0.122. The third-order valence-corrected chi connectivity index (χ3v) is 4.88. The molecule has 2 N–H and O–H groups in total. The van der Waals surface area contributed by atoms with Gasteiger partial charge in [0.1, 0.15) is 0 Å². The van der Waals surface area contributed by atoms with Gasteiger partial charge in [0.05, 0.1) is 0 Å². The molecule has 2 aliphatic rings. The number of fused-ring (bicyclic) bond motifs is 1. The first-order valence-electron chi connectivity index (χ1n) is 8.16. The van der Waals surface area contributed by atoms with Crippen LogP contribution in [0, 0.1) is 17.6 Å². The Labute approximate surface area is 151 Å². The SMILES string of the molecule is Cl.O=C(NCc1ccc2c(c1)CNC2)C1CC1c1cccc(F)c1F. The lowest BCUT2D eigenvalue weighted by Crippen LogP contribution is -2.25. The van der Waals surface area contributed by atoms with E-state index in [1.54, 1.807) is 6.07 Å². The van der Waals surface area contributed by atoms with E-state index in [0.717, 1.165) is 24.7 Å². The van der Waals surface area contributed by atoms with E-state index in [1.165, 1.54) is 17.2 Å².